The van der Waals surface area contributed by atoms with Gasteiger partial charge in [0.25, 0.3) is 5.91 Å². The smallest absolute Gasteiger partial charge is 0.258 e. The number of carboxylic acid groups (broad SMARTS) is 1. The first-order valence-corrected chi connectivity index (χ1v) is 7.86. The molecule has 25 heavy (non-hydrogen) atoms. The van der Waals surface area contributed by atoms with Crippen molar-refractivity contribution in [2.75, 3.05) is 6.61 Å². The van der Waals surface area contributed by atoms with Crippen LogP contribution in [0.2, 0.25) is 0 Å². The molecule has 0 saturated heterocycles. The van der Waals surface area contributed by atoms with Crippen molar-refractivity contribution in [3.63, 3.8) is 0 Å². The zero-order chi connectivity index (χ0) is 17.6. The molecular weight excluding hydrogens is 320 g/mol. The highest BCUT2D eigenvalue weighted by atomic mass is 16.5. The molecule has 0 saturated carbocycles. The third kappa shape index (κ3) is 4.17. The third-order valence-electron chi connectivity index (χ3n) is 3.83. The molecule has 0 aliphatic carbocycles. The number of hydrogen-bond acceptors (Lipinski definition) is 4. The fraction of sp³-hybridized carbons (Fsp3) is 0.158. The van der Waals surface area contributed by atoms with Crippen LogP contribution in [0.1, 0.15) is 5.56 Å². The van der Waals surface area contributed by atoms with Crippen molar-refractivity contribution in [3.8, 4) is 5.75 Å². The summed E-state index contributed by atoms with van der Waals surface area (Å²) in [4.78, 5) is 26.5. The number of H-pyrrole nitrogens is 1. The molecule has 6 nitrogen and oxygen atoms in total. The van der Waals surface area contributed by atoms with Gasteiger partial charge in [-0.05, 0) is 23.8 Å². The third-order valence-corrected chi connectivity index (χ3v) is 3.83. The number of carbonyl (C=O) groups is 2. The van der Waals surface area contributed by atoms with Crippen LogP contribution in [0, 0.1) is 0 Å². The summed E-state index contributed by atoms with van der Waals surface area (Å²) in [7, 11) is 0. The molecule has 1 heterocycles. The Hall–Kier alpha value is -3.28. The number of benzene rings is 2. The van der Waals surface area contributed by atoms with Gasteiger partial charge in [0, 0.05) is 23.5 Å². The van der Waals surface area contributed by atoms with E-state index in [0.717, 1.165) is 16.5 Å². The summed E-state index contributed by atoms with van der Waals surface area (Å²) >= 11 is 0. The minimum atomic E-state index is -1.33. The van der Waals surface area contributed by atoms with E-state index in [2.05, 4.69) is 10.3 Å². The molecule has 0 radical (unpaired) electrons. The monoisotopic (exact) mass is 337 g/mol. The van der Waals surface area contributed by atoms with Gasteiger partial charge in [-0.2, -0.15) is 0 Å². The summed E-state index contributed by atoms with van der Waals surface area (Å²) in [5.41, 5.74) is 1.71. The Bertz CT molecular complexity index is 873. The number of fused-ring (bicyclic) bond motifs is 1. The predicted octanol–water partition coefficient (Wildman–Crippen LogP) is 1.02. The number of amides is 1. The molecule has 0 fully saturated rings. The van der Waals surface area contributed by atoms with Gasteiger partial charge < -0.3 is 24.9 Å². The maximum Gasteiger partial charge on any atom is 0.258 e. The number of aromatic nitrogens is 1. The van der Waals surface area contributed by atoms with E-state index < -0.39 is 17.9 Å². The molecular formula is C19H17N2O4-. The summed E-state index contributed by atoms with van der Waals surface area (Å²) in [6.07, 6.45) is 1.87. The van der Waals surface area contributed by atoms with Crippen molar-refractivity contribution in [1.82, 2.24) is 10.3 Å². The van der Waals surface area contributed by atoms with Crippen LogP contribution in [0.3, 0.4) is 0 Å². The molecule has 3 rings (SSSR count). The van der Waals surface area contributed by atoms with Crippen LogP contribution < -0.4 is 15.2 Å². The van der Waals surface area contributed by atoms with Crippen molar-refractivity contribution in [2.45, 2.75) is 12.5 Å². The zero-order valence-corrected chi connectivity index (χ0v) is 13.4. The molecule has 0 spiro atoms. The van der Waals surface area contributed by atoms with Gasteiger partial charge in [-0.15, -0.1) is 0 Å². The summed E-state index contributed by atoms with van der Waals surface area (Å²) in [6.45, 7) is -0.262. The highest BCUT2D eigenvalue weighted by molar-refractivity contribution is 5.86. The lowest BCUT2D eigenvalue weighted by molar-refractivity contribution is -0.308. The Morgan fingerprint density at radius 1 is 1.08 bits per heavy atom. The lowest BCUT2D eigenvalue weighted by atomic mass is 10.1. The van der Waals surface area contributed by atoms with Crippen LogP contribution in [0.5, 0.6) is 5.75 Å². The molecule has 0 aliphatic heterocycles. The lowest BCUT2D eigenvalue weighted by Crippen LogP contribution is -2.50. The van der Waals surface area contributed by atoms with Crippen molar-refractivity contribution in [2.24, 2.45) is 0 Å². The van der Waals surface area contributed by atoms with Gasteiger partial charge >= 0.3 is 0 Å². The molecule has 2 aromatic carbocycles. The SMILES string of the molecule is O=C(COc1ccccc1)NC(Cc1c[nH]c2ccccc12)C(=O)[O-]. The van der Waals surface area contributed by atoms with Crippen molar-refractivity contribution >= 4 is 22.8 Å². The van der Waals surface area contributed by atoms with Gasteiger partial charge in [0.15, 0.2) is 6.61 Å². The second kappa shape index (κ2) is 7.53. The highest BCUT2D eigenvalue weighted by Gasteiger charge is 2.16. The fourth-order valence-electron chi connectivity index (χ4n) is 2.62. The first-order valence-electron chi connectivity index (χ1n) is 7.86. The second-order valence-corrected chi connectivity index (χ2v) is 5.60. The average molecular weight is 337 g/mol. The number of rotatable bonds is 7. The predicted molar refractivity (Wildman–Crippen MR) is 90.9 cm³/mol. The number of nitrogens with one attached hydrogen (secondary N) is 2. The van der Waals surface area contributed by atoms with Gasteiger partial charge in [0.05, 0.1) is 12.0 Å². The number of aromatic amines is 1. The normalized spacial score (nSPS) is 11.8. The number of carboxylic acids is 1. The Morgan fingerprint density at radius 2 is 1.80 bits per heavy atom. The Kier molecular flexibility index (Phi) is 4.99. The average Bonchev–Trinajstić information content (AvgIpc) is 3.03. The van der Waals surface area contributed by atoms with E-state index in [-0.39, 0.29) is 13.0 Å². The van der Waals surface area contributed by atoms with Gasteiger partial charge in [-0.1, -0.05) is 36.4 Å². The maximum atomic E-state index is 12.0. The quantitative estimate of drug-likeness (QED) is 0.673. The Labute approximate surface area is 144 Å². The first kappa shape index (κ1) is 16.6. The van der Waals surface area contributed by atoms with Crippen LogP contribution in [0.4, 0.5) is 0 Å². The topological polar surface area (TPSA) is 94.2 Å². The summed E-state index contributed by atoms with van der Waals surface area (Å²) in [6, 6.07) is 15.3. The molecule has 128 valence electrons. The van der Waals surface area contributed by atoms with E-state index in [1.165, 1.54) is 0 Å². The molecule has 0 bridgehead atoms. The van der Waals surface area contributed by atoms with E-state index in [9.17, 15) is 14.7 Å². The zero-order valence-electron chi connectivity index (χ0n) is 13.4. The standard InChI is InChI=1S/C19H18N2O4/c22-18(12-25-14-6-2-1-3-7-14)21-17(19(23)24)10-13-11-20-16-9-5-4-8-15(13)16/h1-9,11,17,20H,10,12H2,(H,21,22)(H,23,24)/p-1. The van der Waals surface area contributed by atoms with Crippen LogP contribution in [0.15, 0.2) is 60.8 Å². The molecule has 1 unspecified atom stereocenters. The lowest BCUT2D eigenvalue weighted by Gasteiger charge is -2.19. The van der Waals surface area contributed by atoms with Crippen LogP contribution >= 0.6 is 0 Å². The number of para-hydroxylation sites is 2. The van der Waals surface area contributed by atoms with Gasteiger partial charge in [-0.25, -0.2) is 0 Å². The Balaban J connectivity index is 1.63. The number of hydrogen-bond donors (Lipinski definition) is 2. The van der Waals surface area contributed by atoms with E-state index in [0.29, 0.717) is 5.75 Å². The molecule has 1 aromatic heterocycles. The van der Waals surface area contributed by atoms with E-state index in [1.807, 2.05) is 30.3 Å². The summed E-state index contributed by atoms with van der Waals surface area (Å²) < 4.78 is 5.32. The van der Waals surface area contributed by atoms with E-state index in [4.69, 9.17) is 4.74 Å². The maximum absolute atomic E-state index is 12.0. The summed E-state index contributed by atoms with van der Waals surface area (Å²) in [5, 5.41) is 14.8. The van der Waals surface area contributed by atoms with Crippen LogP contribution in [0.25, 0.3) is 10.9 Å². The molecule has 3 aromatic rings. The Morgan fingerprint density at radius 3 is 2.56 bits per heavy atom. The van der Waals surface area contributed by atoms with Crippen molar-refractivity contribution in [1.29, 1.82) is 0 Å². The minimum absolute atomic E-state index is 0.128. The molecule has 0 aliphatic rings. The largest absolute Gasteiger partial charge is 0.548 e. The van der Waals surface area contributed by atoms with E-state index in [1.54, 1.807) is 30.5 Å². The van der Waals surface area contributed by atoms with Crippen LogP contribution in [-0.2, 0) is 16.0 Å². The van der Waals surface area contributed by atoms with Gasteiger partial charge in [0.1, 0.15) is 5.75 Å². The first-order chi connectivity index (χ1) is 12.1. The number of carbonyl (C=O) groups excluding carboxylic acids is 2. The molecule has 6 heteroatoms. The van der Waals surface area contributed by atoms with Crippen molar-refractivity contribution in [3.05, 3.63) is 66.4 Å². The van der Waals surface area contributed by atoms with Gasteiger partial charge in [0.2, 0.25) is 0 Å². The van der Waals surface area contributed by atoms with E-state index >= 15 is 0 Å². The fourth-order valence-corrected chi connectivity index (χ4v) is 2.62. The molecule has 2 N–H and O–H groups in total. The highest BCUT2D eigenvalue weighted by Crippen LogP contribution is 2.19. The molecule has 1 amide bonds. The van der Waals surface area contributed by atoms with Crippen molar-refractivity contribution < 1.29 is 19.4 Å². The molecule has 1 atom stereocenters. The number of ether oxygens (including phenoxy) is 1. The minimum Gasteiger partial charge on any atom is -0.548 e. The van der Waals surface area contributed by atoms with Crippen LogP contribution in [-0.4, -0.2) is 29.5 Å². The number of aliphatic carboxylic acids is 1. The summed E-state index contributed by atoms with van der Waals surface area (Å²) in [5.74, 6) is -1.31. The van der Waals surface area contributed by atoms with Gasteiger partial charge in [-0.3, -0.25) is 4.79 Å². The second-order valence-electron chi connectivity index (χ2n) is 5.60.